The molecule has 164 valence electrons. The van der Waals surface area contributed by atoms with E-state index < -0.39 is 41.6 Å². The Labute approximate surface area is 169 Å². The Hall–Kier alpha value is -1.07. The minimum Gasteiger partial charge on any atom is -0.465 e. The summed E-state index contributed by atoms with van der Waals surface area (Å²) in [4.78, 5) is 12.2. The summed E-state index contributed by atoms with van der Waals surface area (Å²) in [5.74, 6) is -5.25. The molecule has 4 rings (SSSR count). The van der Waals surface area contributed by atoms with Crippen molar-refractivity contribution < 1.29 is 43.4 Å². The zero-order chi connectivity index (χ0) is 20.5. The van der Waals surface area contributed by atoms with Gasteiger partial charge in [0, 0.05) is 19.3 Å². The molecule has 2 N–H and O–H groups in total. The van der Waals surface area contributed by atoms with E-state index >= 15 is 0 Å². The van der Waals surface area contributed by atoms with Crippen molar-refractivity contribution in [1.29, 1.82) is 0 Å². The first-order valence-electron chi connectivity index (χ1n) is 10.4. The number of hydrogen-bond acceptors (Lipinski definition) is 9. The van der Waals surface area contributed by atoms with Gasteiger partial charge in [0.1, 0.15) is 12.2 Å². The molecule has 4 saturated heterocycles. The molecule has 29 heavy (non-hydrogen) atoms. The Morgan fingerprint density at radius 3 is 2.28 bits per heavy atom. The summed E-state index contributed by atoms with van der Waals surface area (Å²) in [5.41, 5.74) is 0. The SMILES string of the molecule is COC(=O)[C@@]1(O)C[C@H]2O[C@@]3(CCCCO3)[C@]3(CCCCO3)O[C@@H]2[C@@H](/C=C/CO)O1. The van der Waals surface area contributed by atoms with Crippen LogP contribution in [0.3, 0.4) is 0 Å². The predicted molar refractivity (Wildman–Crippen MR) is 97.5 cm³/mol. The first kappa shape index (κ1) is 21.2. The van der Waals surface area contributed by atoms with Gasteiger partial charge in [0.05, 0.1) is 33.0 Å². The number of fused-ring (bicyclic) bond motifs is 2. The fraction of sp³-hybridized carbons (Fsp3) is 0.850. The molecule has 0 aromatic rings. The zero-order valence-electron chi connectivity index (χ0n) is 16.7. The minimum atomic E-state index is -2.18. The largest absolute Gasteiger partial charge is 0.465 e. The van der Waals surface area contributed by atoms with Gasteiger partial charge in [0.15, 0.2) is 0 Å². The fourth-order valence-corrected chi connectivity index (χ4v) is 4.80. The number of carbonyl (C=O) groups is 1. The van der Waals surface area contributed by atoms with Crippen molar-refractivity contribution in [2.24, 2.45) is 0 Å². The van der Waals surface area contributed by atoms with Gasteiger partial charge < -0.3 is 38.6 Å². The molecule has 4 aliphatic heterocycles. The van der Waals surface area contributed by atoms with Crippen molar-refractivity contribution in [2.45, 2.75) is 80.6 Å². The Morgan fingerprint density at radius 1 is 1.07 bits per heavy atom. The quantitative estimate of drug-likeness (QED) is 0.510. The first-order chi connectivity index (χ1) is 14.0. The van der Waals surface area contributed by atoms with E-state index in [4.69, 9.17) is 28.4 Å². The molecule has 6 atom stereocenters. The lowest BCUT2D eigenvalue weighted by atomic mass is 9.85. The molecular weight excluding hydrogens is 384 g/mol. The normalized spacial score (nSPS) is 45.4. The van der Waals surface area contributed by atoms with Gasteiger partial charge in [0.2, 0.25) is 11.6 Å². The molecule has 4 fully saturated rings. The molecule has 0 saturated carbocycles. The topological polar surface area (TPSA) is 113 Å². The zero-order valence-corrected chi connectivity index (χ0v) is 16.7. The average molecular weight is 414 g/mol. The maximum atomic E-state index is 12.2. The maximum Gasteiger partial charge on any atom is 0.366 e. The highest BCUT2D eigenvalue weighted by Crippen LogP contribution is 2.52. The van der Waals surface area contributed by atoms with Gasteiger partial charge in [-0.25, -0.2) is 4.79 Å². The molecule has 0 aromatic carbocycles. The molecule has 9 heteroatoms. The van der Waals surface area contributed by atoms with E-state index in [9.17, 15) is 15.0 Å². The molecule has 0 bridgehead atoms. The van der Waals surface area contributed by atoms with Gasteiger partial charge in [-0.3, -0.25) is 0 Å². The van der Waals surface area contributed by atoms with Crippen LogP contribution in [0, 0.1) is 0 Å². The number of aliphatic hydroxyl groups is 2. The van der Waals surface area contributed by atoms with Crippen molar-refractivity contribution in [3.8, 4) is 0 Å². The number of carbonyl (C=O) groups excluding carboxylic acids is 1. The van der Waals surface area contributed by atoms with E-state index in [0.29, 0.717) is 26.1 Å². The monoisotopic (exact) mass is 414 g/mol. The summed E-state index contributed by atoms with van der Waals surface area (Å²) in [6.07, 6.45) is 5.60. The average Bonchev–Trinajstić information content (AvgIpc) is 2.74. The summed E-state index contributed by atoms with van der Waals surface area (Å²) >= 11 is 0. The number of aliphatic hydroxyl groups excluding tert-OH is 1. The van der Waals surface area contributed by atoms with Crippen molar-refractivity contribution in [3.05, 3.63) is 12.2 Å². The van der Waals surface area contributed by atoms with Crippen LogP contribution in [0.2, 0.25) is 0 Å². The fourth-order valence-electron chi connectivity index (χ4n) is 4.80. The minimum absolute atomic E-state index is 0.158. The third-order valence-corrected chi connectivity index (χ3v) is 6.15. The molecule has 0 radical (unpaired) electrons. The van der Waals surface area contributed by atoms with Crippen molar-refractivity contribution in [1.82, 2.24) is 0 Å². The third-order valence-electron chi connectivity index (χ3n) is 6.15. The molecule has 4 aliphatic rings. The number of hydrogen-bond donors (Lipinski definition) is 2. The predicted octanol–water partition coefficient (Wildman–Crippen LogP) is 0.763. The van der Waals surface area contributed by atoms with Crippen LogP contribution in [-0.4, -0.2) is 78.8 Å². The van der Waals surface area contributed by atoms with Crippen LogP contribution in [0.5, 0.6) is 0 Å². The Balaban J connectivity index is 1.69. The summed E-state index contributed by atoms with van der Waals surface area (Å²) in [7, 11) is 1.18. The molecule has 9 nitrogen and oxygen atoms in total. The molecule has 0 unspecified atom stereocenters. The van der Waals surface area contributed by atoms with E-state index in [2.05, 4.69) is 0 Å². The second kappa shape index (κ2) is 8.22. The van der Waals surface area contributed by atoms with Crippen molar-refractivity contribution in [3.63, 3.8) is 0 Å². The first-order valence-corrected chi connectivity index (χ1v) is 10.4. The summed E-state index contributed by atoms with van der Waals surface area (Å²) in [6.45, 7) is 0.844. The van der Waals surface area contributed by atoms with Gasteiger partial charge in [-0.05, 0) is 25.7 Å². The highest BCUT2D eigenvalue weighted by Gasteiger charge is 2.67. The van der Waals surface area contributed by atoms with Crippen LogP contribution in [0.15, 0.2) is 12.2 Å². The second-order valence-corrected chi connectivity index (χ2v) is 8.03. The standard InChI is InChI=1S/C20H30O9/c1-24-17(22)18(23)13-15-16(14(27-18)7-6-10-21)29-20(9-3-5-12-26-20)19(28-15)8-2-4-11-25-19/h6-7,14-16,21,23H,2-5,8-13H2,1H3/b7-6+/t14-,15-,16-,18-,19+,20+/m1/s1. The lowest BCUT2D eigenvalue weighted by molar-refractivity contribution is -0.497. The Morgan fingerprint density at radius 2 is 1.72 bits per heavy atom. The maximum absolute atomic E-state index is 12.2. The molecular formula is C20H30O9. The number of ether oxygens (including phenoxy) is 6. The van der Waals surface area contributed by atoms with E-state index in [1.807, 2.05) is 0 Å². The van der Waals surface area contributed by atoms with Crippen molar-refractivity contribution >= 4 is 5.97 Å². The van der Waals surface area contributed by atoms with E-state index in [1.54, 1.807) is 6.08 Å². The number of methoxy groups -OCH3 is 1. The Bertz CT molecular complexity index is 623. The van der Waals surface area contributed by atoms with E-state index in [0.717, 1.165) is 25.7 Å². The van der Waals surface area contributed by atoms with Gasteiger partial charge >= 0.3 is 5.97 Å². The summed E-state index contributed by atoms with van der Waals surface area (Å²) in [5, 5.41) is 20.0. The molecule has 4 heterocycles. The highest BCUT2D eigenvalue weighted by atomic mass is 16.8. The lowest BCUT2D eigenvalue weighted by Gasteiger charge is -2.60. The smallest absolute Gasteiger partial charge is 0.366 e. The molecule has 0 aromatic heterocycles. The van der Waals surface area contributed by atoms with Gasteiger partial charge in [0.25, 0.3) is 5.79 Å². The molecule has 0 aliphatic carbocycles. The Kier molecular flexibility index (Phi) is 6.00. The van der Waals surface area contributed by atoms with E-state index in [-0.39, 0.29) is 13.0 Å². The number of rotatable bonds is 3. The van der Waals surface area contributed by atoms with Crippen LogP contribution >= 0.6 is 0 Å². The van der Waals surface area contributed by atoms with Crippen LogP contribution in [-0.2, 0) is 33.2 Å². The number of esters is 1. The summed E-state index contributed by atoms with van der Waals surface area (Å²) in [6, 6.07) is 0. The van der Waals surface area contributed by atoms with Gasteiger partial charge in [-0.1, -0.05) is 12.2 Å². The van der Waals surface area contributed by atoms with Crippen LogP contribution in [0.4, 0.5) is 0 Å². The van der Waals surface area contributed by atoms with Gasteiger partial charge in [-0.15, -0.1) is 0 Å². The van der Waals surface area contributed by atoms with Crippen molar-refractivity contribution in [2.75, 3.05) is 26.9 Å². The molecule has 2 spiro atoms. The van der Waals surface area contributed by atoms with Crippen LogP contribution < -0.4 is 0 Å². The van der Waals surface area contributed by atoms with E-state index in [1.165, 1.54) is 13.2 Å². The van der Waals surface area contributed by atoms with Crippen LogP contribution in [0.1, 0.15) is 44.9 Å². The highest BCUT2D eigenvalue weighted by molar-refractivity contribution is 5.77. The molecule has 0 amide bonds. The van der Waals surface area contributed by atoms with Gasteiger partial charge in [-0.2, -0.15) is 0 Å². The lowest BCUT2D eigenvalue weighted by Crippen LogP contribution is -2.74. The summed E-state index contributed by atoms with van der Waals surface area (Å²) < 4.78 is 35.8. The second-order valence-electron chi connectivity index (χ2n) is 8.03. The van der Waals surface area contributed by atoms with Crippen LogP contribution in [0.25, 0.3) is 0 Å². The third kappa shape index (κ3) is 3.63.